The van der Waals surface area contributed by atoms with Crippen molar-refractivity contribution in [2.45, 2.75) is 13.1 Å². The van der Waals surface area contributed by atoms with Crippen molar-refractivity contribution in [3.8, 4) is 0 Å². The smallest absolute Gasteiger partial charge is 0.278 e. The summed E-state index contributed by atoms with van der Waals surface area (Å²) in [6.45, 7) is 0.0698. The Bertz CT molecular complexity index is 1180. The maximum atomic E-state index is 12.4. The number of para-hydroxylation sites is 2. The summed E-state index contributed by atoms with van der Waals surface area (Å²) in [5.74, 6) is 0.403. The second-order valence-corrected chi connectivity index (χ2v) is 5.92. The molecule has 0 aliphatic carbocycles. The van der Waals surface area contributed by atoms with Crippen LogP contribution >= 0.6 is 0 Å². The lowest BCUT2D eigenvalue weighted by Crippen LogP contribution is -2.34. The van der Waals surface area contributed by atoms with Gasteiger partial charge in [0.25, 0.3) is 5.56 Å². The third kappa shape index (κ3) is 2.81. The molecule has 8 nitrogen and oxygen atoms in total. The van der Waals surface area contributed by atoms with Gasteiger partial charge < -0.3 is 9.88 Å². The molecule has 8 heteroatoms. The number of amides is 1. The molecule has 0 spiro atoms. The average Bonchev–Trinajstić information content (AvgIpc) is 2.99. The van der Waals surface area contributed by atoms with Crippen molar-refractivity contribution in [3.05, 3.63) is 64.7 Å². The van der Waals surface area contributed by atoms with Crippen LogP contribution in [0.25, 0.3) is 21.9 Å². The van der Waals surface area contributed by atoms with Crippen molar-refractivity contribution in [1.82, 2.24) is 29.9 Å². The van der Waals surface area contributed by atoms with Crippen LogP contribution in [0.4, 0.5) is 0 Å². The Hall–Kier alpha value is -3.55. The van der Waals surface area contributed by atoms with Crippen LogP contribution in [0.15, 0.2) is 53.3 Å². The van der Waals surface area contributed by atoms with Gasteiger partial charge in [0, 0.05) is 7.05 Å². The van der Waals surface area contributed by atoms with E-state index in [-0.39, 0.29) is 24.6 Å². The molecule has 0 radical (unpaired) electrons. The monoisotopic (exact) mass is 348 g/mol. The number of fused-ring (bicyclic) bond motifs is 2. The molecule has 2 aromatic carbocycles. The van der Waals surface area contributed by atoms with E-state index in [4.69, 9.17) is 0 Å². The summed E-state index contributed by atoms with van der Waals surface area (Å²) < 4.78 is 2.99. The van der Waals surface area contributed by atoms with E-state index in [2.05, 4.69) is 20.6 Å². The molecule has 0 saturated carbocycles. The first-order chi connectivity index (χ1) is 12.6. The highest BCUT2D eigenvalue weighted by atomic mass is 16.2. The molecule has 0 aliphatic heterocycles. The highest BCUT2D eigenvalue weighted by Gasteiger charge is 2.11. The van der Waals surface area contributed by atoms with Crippen LogP contribution in [-0.4, -0.2) is 30.5 Å². The van der Waals surface area contributed by atoms with E-state index in [1.807, 2.05) is 35.9 Å². The predicted molar refractivity (Wildman–Crippen MR) is 96.4 cm³/mol. The average molecular weight is 348 g/mol. The zero-order valence-electron chi connectivity index (χ0n) is 14.1. The molecular weight excluding hydrogens is 332 g/mol. The summed E-state index contributed by atoms with van der Waals surface area (Å²) in [7, 11) is 1.90. The van der Waals surface area contributed by atoms with E-state index >= 15 is 0 Å². The SMILES string of the molecule is Cn1c(CNC(=O)Cn2nnc3ccccc3c2=O)nc2ccccc21. The number of hydrogen-bond donors (Lipinski definition) is 1. The van der Waals surface area contributed by atoms with Gasteiger partial charge in [-0.3, -0.25) is 9.59 Å². The second-order valence-electron chi connectivity index (χ2n) is 5.92. The van der Waals surface area contributed by atoms with Gasteiger partial charge in [-0.25, -0.2) is 9.67 Å². The third-order valence-electron chi connectivity index (χ3n) is 4.25. The summed E-state index contributed by atoms with van der Waals surface area (Å²) in [5.41, 5.74) is 2.03. The Morgan fingerprint density at radius 1 is 1.08 bits per heavy atom. The summed E-state index contributed by atoms with van der Waals surface area (Å²) in [4.78, 5) is 29.1. The minimum Gasteiger partial charge on any atom is -0.347 e. The maximum Gasteiger partial charge on any atom is 0.278 e. The van der Waals surface area contributed by atoms with Crippen molar-refractivity contribution in [2.75, 3.05) is 0 Å². The Kier molecular flexibility index (Phi) is 3.92. The summed E-state index contributed by atoms with van der Waals surface area (Å²) >= 11 is 0. The van der Waals surface area contributed by atoms with E-state index in [1.54, 1.807) is 24.3 Å². The molecular formula is C18H16N6O2. The highest BCUT2D eigenvalue weighted by Crippen LogP contribution is 2.13. The molecule has 2 aromatic heterocycles. The minimum atomic E-state index is -0.339. The molecule has 0 atom stereocenters. The van der Waals surface area contributed by atoms with Gasteiger partial charge in [0.2, 0.25) is 5.91 Å². The Balaban J connectivity index is 1.50. The number of aryl methyl sites for hydroxylation is 1. The number of hydrogen-bond acceptors (Lipinski definition) is 5. The number of nitrogens with zero attached hydrogens (tertiary/aromatic N) is 5. The maximum absolute atomic E-state index is 12.4. The quantitative estimate of drug-likeness (QED) is 0.594. The van der Waals surface area contributed by atoms with Crippen molar-refractivity contribution in [1.29, 1.82) is 0 Å². The zero-order valence-corrected chi connectivity index (χ0v) is 14.1. The van der Waals surface area contributed by atoms with Gasteiger partial charge in [-0.15, -0.1) is 5.10 Å². The molecule has 0 bridgehead atoms. The van der Waals surface area contributed by atoms with Crippen LogP contribution in [-0.2, 0) is 24.9 Å². The van der Waals surface area contributed by atoms with Gasteiger partial charge in [-0.2, -0.15) is 0 Å². The van der Waals surface area contributed by atoms with Crippen LogP contribution in [0.5, 0.6) is 0 Å². The number of aromatic nitrogens is 5. The Morgan fingerprint density at radius 3 is 2.62 bits per heavy atom. The normalized spacial score (nSPS) is 11.1. The first-order valence-corrected chi connectivity index (χ1v) is 8.13. The fourth-order valence-electron chi connectivity index (χ4n) is 2.85. The number of carbonyl (C=O) groups is 1. The fourth-order valence-corrected chi connectivity index (χ4v) is 2.85. The second kappa shape index (κ2) is 6.40. The molecule has 1 amide bonds. The molecule has 0 unspecified atom stereocenters. The third-order valence-corrected chi connectivity index (χ3v) is 4.25. The molecule has 26 heavy (non-hydrogen) atoms. The minimum absolute atomic E-state index is 0.194. The summed E-state index contributed by atoms with van der Waals surface area (Å²) in [5, 5.41) is 11.0. The van der Waals surface area contributed by atoms with Crippen molar-refractivity contribution in [3.63, 3.8) is 0 Å². The van der Waals surface area contributed by atoms with Gasteiger partial charge in [-0.1, -0.05) is 29.5 Å². The lowest BCUT2D eigenvalue weighted by atomic mass is 10.2. The van der Waals surface area contributed by atoms with Crippen LogP contribution < -0.4 is 10.9 Å². The van der Waals surface area contributed by atoms with E-state index in [9.17, 15) is 9.59 Å². The zero-order chi connectivity index (χ0) is 18.1. The molecule has 1 N–H and O–H groups in total. The number of carbonyl (C=O) groups excluding carboxylic acids is 1. The van der Waals surface area contributed by atoms with E-state index < -0.39 is 0 Å². The van der Waals surface area contributed by atoms with Crippen LogP contribution in [0.2, 0.25) is 0 Å². The Morgan fingerprint density at radius 2 is 1.81 bits per heavy atom. The van der Waals surface area contributed by atoms with Gasteiger partial charge >= 0.3 is 0 Å². The van der Waals surface area contributed by atoms with E-state index in [1.165, 1.54) is 0 Å². The number of benzene rings is 2. The lowest BCUT2D eigenvalue weighted by Gasteiger charge is -2.07. The fraction of sp³-hybridized carbons (Fsp3) is 0.167. The van der Waals surface area contributed by atoms with Crippen LogP contribution in [0, 0.1) is 0 Å². The van der Waals surface area contributed by atoms with Gasteiger partial charge in [0.05, 0.1) is 23.0 Å². The largest absolute Gasteiger partial charge is 0.347 e. The number of nitrogens with one attached hydrogen (secondary N) is 1. The molecule has 2 heterocycles. The van der Waals surface area contributed by atoms with Gasteiger partial charge in [0.1, 0.15) is 17.9 Å². The van der Waals surface area contributed by atoms with Crippen LogP contribution in [0.3, 0.4) is 0 Å². The first-order valence-electron chi connectivity index (χ1n) is 8.13. The standard InChI is InChI=1S/C18H16N6O2/c1-23-15-9-5-4-8-14(15)20-16(23)10-19-17(25)11-24-18(26)12-6-2-3-7-13(12)21-22-24/h2-9H,10-11H2,1H3,(H,19,25). The highest BCUT2D eigenvalue weighted by molar-refractivity contribution is 5.79. The van der Waals surface area contributed by atoms with E-state index in [0.29, 0.717) is 10.9 Å². The van der Waals surface area contributed by atoms with Gasteiger partial charge in [-0.05, 0) is 24.3 Å². The molecule has 0 fully saturated rings. The number of rotatable bonds is 4. The summed E-state index contributed by atoms with van der Waals surface area (Å²) in [6, 6.07) is 14.7. The van der Waals surface area contributed by atoms with Crippen molar-refractivity contribution >= 4 is 27.8 Å². The van der Waals surface area contributed by atoms with Crippen molar-refractivity contribution in [2.24, 2.45) is 7.05 Å². The molecule has 0 aliphatic rings. The predicted octanol–water partition coefficient (Wildman–Crippen LogP) is 0.995. The summed E-state index contributed by atoms with van der Waals surface area (Å²) in [6.07, 6.45) is 0. The van der Waals surface area contributed by atoms with Crippen molar-refractivity contribution < 1.29 is 4.79 Å². The number of imidazole rings is 1. The molecule has 0 saturated heterocycles. The van der Waals surface area contributed by atoms with E-state index in [0.717, 1.165) is 21.5 Å². The molecule has 130 valence electrons. The lowest BCUT2D eigenvalue weighted by molar-refractivity contribution is -0.122. The topological polar surface area (TPSA) is 94.7 Å². The first kappa shape index (κ1) is 15.9. The molecule has 4 aromatic rings. The van der Waals surface area contributed by atoms with Crippen LogP contribution in [0.1, 0.15) is 5.82 Å². The van der Waals surface area contributed by atoms with Gasteiger partial charge in [0.15, 0.2) is 0 Å². The Labute approximate surface area is 148 Å². The molecule has 4 rings (SSSR count).